The van der Waals surface area contributed by atoms with Crippen molar-refractivity contribution in [1.82, 2.24) is 5.32 Å². The second-order valence-corrected chi connectivity index (χ2v) is 12.0. The van der Waals surface area contributed by atoms with Crippen molar-refractivity contribution in [3.63, 3.8) is 0 Å². The first-order chi connectivity index (χ1) is 18.6. The first-order valence-electron chi connectivity index (χ1n) is 12.4. The normalized spacial score (nSPS) is 11.4. The van der Waals surface area contributed by atoms with E-state index in [2.05, 4.69) is 14.8 Å². The third kappa shape index (κ3) is 8.24. The van der Waals surface area contributed by atoms with Gasteiger partial charge in [-0.05, 0) is 65.4 Å². The minimum absolute atomic E-state index is 0.00133. The molecule has 0 saturated heterocycles. The highest BCUT2D eigenvalue weighted by molar-refractivity contribution is 7.86. The Balaban J connectivity index is 2.00. The van der Waals surface area contributed by atoms with Crippen molar-refractivity contribution in [2.75, 3.05) is 18.1 Å². The van der Waals surface area contributed by atoms with Gasteiger partial charge in [0.1, 0.15) is 5.84 Å². The van der Waals surface area contributed by atoms with Crippen molar-refractivity contribution in [1.29, 1.82) is 5.41 Å². The van der Waals surface area contributed by atoms with Crippen molar-refractivity contribution in [3.8, 4) is 11.1 Å². The zero-order valence-corrected chi connectivity index (χ0v) is 23.5. The van der Waals surface area contributed by atoms with Gasteiger partial charge in [0, 0.05) is 28.9 Å². The zero-order valence-electron chi connectivity index (χ0n) is 22.7. The Bertz CT molecular complexity index is 1560. The Morgan fingerprint density at radius 3 is 2.08 bits per heavy atom. The van der Waals surface area contributed by atoms with E-state index < -0.39 is 27.9 Å². The quantitative estimate of drug-likeness (QED) is 0.172. The minimum Gasteiger partial charge on any atom is -0.384 e. The lowest BCUT2D eigenvalue weighted by atomic mass is 9.92. The molecule has 0 spiro atoms. The van der Waals surface area contributed by atoms with Gasteiger partial charge in [0.15, 0.2) is 0 Å². The molecule has 0 fully saturated rings. The molecule has 40 heavy (non-hydrogen) atoms. The van der Waals surface area contributed by atoms with Crippen LogP contribution in [0.3, 0.4) is 0 Å². The molecular formula is C29H32N4O6S. The summed E-state index contributed by atoms with van der Waals surface area (Å²) >= 11 is 0. The van der Waals surface area contributed by atoms with E-state index in [1.807, 2.05) is 20.8 Å². The van der Waals surface area contributed by atoms with E-state index in [0.29, 0.717) is 23.4 Å². The number of rotatable bonds is 9. The Morgan fingerprint density at radius 2 is 1.48 bits per heavy atom. The monoisotopic (exact) mass is 564 g/mol. The SMILES string of the molecule is CC(C)(C)CCNC(=O)c1ccc(-c2ccccc2C(=O)Nc2ccc(C(=N)N)cc2)c(C(=O)OS(C)(=O)=O)c1. The molecular weight excluding hydrogens is 532 g/mol. The maximum absolute atomic E-state index is 13.3. The number of nitrogen functional groups attached to an aromatic ring is 1. The number of hydrogen-bond donors (Lipinski definition) is 4. The summed E-state index contributed by atoms with van der Waals surface area (Å²) in [6.45, 7) is 6.54. The molecule has 2 amide bonds. The van der Waals surface area contributed by atoms with Crippen LogP contribution in [-0.4, -0.2) is 44.8 Å². The van der Waals surface area contributed by atoms with Crippen LogP contribution in [0.1, 0.15) is 63.8 Å². The Labute approximate surface area is 233 Å². The smallest absolute Gasteiger partial charge is 0.354 e. The maximum atomic E-state index is 13.3. The van der Waals surface area contributed by atoms with Gasteiger partial charge in [0.2, 0.25) is 0 Å². The van der Waals surface area contributed by atoms with Gasteiger partial charge in [-0.15, -0.1) is 0 Å². The minimum atomic E-state index is -4.16. The van der Waals surface area contributed by atoms with E-state index in [-0.39, 0.29) is 33.5 Å². The third-order valence-electron chi connectivity index (χ3n) is 5.80. The molecule has 0 unspecified atom stereocenters. The van der Waals surface area contributed by atoms with Gasteiger partial charge < -0.3 is 20.6 Å². The van der Waals surface area contributed by atoms with Gasteiger partial charge in [-0.25, -0.2) is 4.79 Å². The number of nitrogens with two attached hydrogens (primary N) is 1. The second-order valence-electron chi connectivity index (χ2n) is 10.4. The summed E-state index contributed by atoms with van der Waals surface area (Å²) in [6, 6.07) is 17.1. The van der Waals surface area contributed by atoms with Gasteiger partial charge >= 0.3 is 16.1 Å². The molecule has 0 aliphatic rings. The lowest BCUT2D eigenvalue weighted by Gasteiger charge is -2.18. The first-order valence-corrected chi connectivity index (χ1v) is 14.2. The van der Waals surface area contributed by atoms with E-state index >= 15 is 0 Å². The molecule has 3 aromatic carbocycles. The van der Waals surface area contributed by atoms with Crippen LogP contribution in [0, 0.1) is 10.8 Å². The predicted molar refractivity (Wildman–Crippen MR) is 154 cm³/mol. The fourth-order valence-electron chi connectivity index (χ4n) is 3.77. The summed E-state index contributed by atoms with van der Waals surface area (Å²) in [6.07, 6.45) is 1.46. The summed E-state index contributed by atoms with van der Waals surface area (Å²) in [5.41, 5.74) is 7.08. The van der Waals surface area contributed by atoms with Crippen LogP contribution in [0.15, 0.2) is 66.7 Å². The largest absolute Gasteiger partial charge is 0.384 e. The molecule has 210 valence electrons. The number of anilines is 1. The van der Waals surface area contributed by atoms with Gasteiger partial charge in [0.25, 0.3) is 11.8 Å². The van der Waals surface area contributed by atoms with Crippen molar-refractivity contribution < 1.29 is 27.0 Å². The second kappa shape index (κ2) is 12.1. The van der Waals surface area contributed by atoms with Crippen molar-refractivity contribution in [3.05, 3.63) is 89.0 Å². The first kappa shape index (κ1) is 30.0. The Morgan fingerprint density at radius 1 is 0.875 bits per heavy atom. The topological polar surface area (TPSA) is 169 Å². The number of hydrogen-bond acceptors (Lipinski definition) is 7. The lowest BCUT2D eigenvalue weighted by Crippen LogP contribution is -2.27. The van der Waals surface area contributed by atoms with Gasteiger partial charge in [0.05, 0.1) is 11.8 Å². The molecule has 3 rings (SSSR count). The van der Waals surface area contributed by atoms with Crippen molar-refractivity contribution >= 4 is 39.4 Å². The van der Waals surface area contributed by atoms with E-state index in [0.717, 1.165) is 12.7 Å². The van der Waals surface area contributed by atoms with Crippen LogP contribution >= 0.6 is 0 Å². The van der Waals surface area contributed by atoms with Crippen LogP contribution in [0.25, 0.3) is 11.1 Å². The van der Waals surface area contributed by atoms with Crippen molar-refractivity contribution in [2.45, 2.75) is 27.2 Å². The molecule has 0 aliphatic heterocycles. The molecule has 0 atom stereocenters. The molecule has 10 nitrogen and oxygen atoms in total. The summed E-state index contributed by atoms with van der Waals surface area (Å²) in [5.74, 6) is -2.23. The van der Waals surface area contributed by atoms with Gasteiger partial charge in [-0.2, -0.15) is 8.42 Å². The molecule has 5 N–H and O–H groups in total. The standard InChI is InChI=1S/C29H32N4O6S/c1-29(2,3)15-16-32-26(34)19-11-14-22(24(17-19)28(36)39-40(4,37)38)21-7-5-6-8-23(21)27(35)33-20-12-9-18(10-13-20)25(30)31/h5-14,17H,15-16H2,1-4H3,(H3,30,31)(H,32,34)(H,33,35). The van der Waals surface area contributed by atoms with Gasteiger partial charge in [-0.1, -0.05) is 45.0 Å². The Hall–Kier alpha value is -4.51. The molecule has 3 aromatic rings. The summed E-state index contributed by atoms with van der Waals surface area (Å²) in [7, 11) is -4.16. The summed E-state index contributed by atoms with van der Waals surface area (Å²) in [5, 5.41) is 13.1. The van der Waals surface area contributed by atoms with Crippen molar-refractivity contribution in [2.24, 2.45) is 11.1 Å². The van der Waals surface area contributed by atoms with E-state index in [9.17, 15) is 22.8 Å². The molecule has 0 saturated carbocycles. The average Bonchev–Trinajstić information content (AvgIpc) is 2.87. The Kier molecular flexibility index (Phi) is 9.10. The highest BCUT2D eigenvalue weighted by Gasteiger charge is 2.24. The number of carbonyl (C=O) groups is 3. The highest BCUT2D eigenvalue weighted by atomic mass is 32.2. The van der Waals surface area contributed by atoms with Crippen LogP contribution in [-0.2, 0) is 14.3 Å². The number of carbonyl (C=O) groups excluding carboxylic acids is 3. The van der Waals surface area contributed by atoms with Crippen LogP contribution < -0.4 is 16.4 Å². The molecule has 0 bridgehead atoms. The third-order valence-corrected chi connectivity index (χ3v) is 6.26. The van der Waals surface area contributed by atoms with Crippen LogP contribution in [0.5, 0.6) is 0 Å². The summed E-state index contributed by atoms with van der Waals surface area (Å²) in [4.78, 5) is 39.0. The number of nitrogens with one attached hydrogen (secondary N) is 3. The number of amidine groups is 1. The average molecular weight is 565 g/mol. The maximum Gasteiger partial charge on any atom is 0.354 e. The fraction of sp³-hybridized carbons (Fsp3) is 0.241. The predicted octanol–water partition coefficient (Wildman–Crippen LogP) is 4.17. The molecule has 0 heterocycles. The number of amides is 2. The molecule has 0 aliphatic carbocycles. The molecule has 0 aromatic heterocycles. The van der Waals surface area contributed by atoms with E-state index in [4.69, 9.17) is 11.1 Å². The lowest BCUT2D eigenvalue weighted by molar-refractivity contribution is 0.0748. The molecule has 0 radical (unpaired) electrons. The zero-order chi connectivity index (χ0) is 29.7. The van der Waals surface area contributed by atoms with Gasteiger partial charge in [-0.3, -0.25) is 15.0 Å². The summed E-state index contributed by atoms with van der Waals surface area (Å²) < 4.78 is 28.2. The fourth-order valence-corrected chi connectivity index (χ4v) is 4.14. The van der Waals surface area contributed by atoms with E-state index in [1.54, 1.807) is 48.5 Å². The highest BCUT2D eigenvalue weighted by Crippen LogP contribution is 2.30. The molecule has 11 heteroatoms. The van der Waals surface area contributed by atoms with Crippen LogP contribution in [0.4, 0.5) is 5.69 Å². The van der Waals surface area contributed by atoms with Crippen LogP contribution in [0.2, 0.25) is 0 Å². The van der Waals surface area contributed by atoms with E-state index in [1.165, 1.54) is 18.2 Å². The number of benzene rings is 3.